The van der Waals surface area contributed by atoms with Gasteiger partial charge in [0.15, 0.2) is 0 Å². The summed E-state index contributed by atoms with van der Waals surface area (Å²) in [5, 5.41) is 8.96. The van der Waals surface area contributed by atoms with Crippen molar-refractivity contribution in [1.29, 1.82) is 0 Å². The Bertz CT molecular complexity index is 441. The van der Waals surface area contributed by atoms with E-state index in [4.69, 9.17) is 5.11 Å². The van der Waals surface area contributed by atoms with E-state index >= 15 is 0 Å². The lowest BCUT2D eigenvalue weighted by molar-refractivity contribution is -0.141. The van der Waals surface area contributed by atoms with Gasteiger partial charge in [-0.15, -0.1) is 0 Å². The van der Waals surface area contributed by atoms with Crippen LogP contribution in [0.5, 0.6) is 0 Å². The van der Waals surface area contributed by atoms with Crippen LogP contribution in [0.1, 0.15) is 26.7 Å². The van der Waals surface area contributed by atoms with E-state index in [-0.39, 0.29) is 6.54 Å². The van der Waals surface area contributed by atoms with Gasteiger partial charge in [-0.05, 0) is 24.7 Å². The molecule has 7 heteroatoms. The van der Waals surface area contributed by atoms with E-state index in [1.807, 2.05) is 0 Å². The third-order valence-corrected chi connectivity index (χ3v) is 5.92. The van der Waals surface area contributed by atoms with Crippen LogP contribution in [-0.4, -0.2) is 54.3 Å². The second-order valence-corrected chi connectivity index (χ2v) is 7.88. The largest absolute Gasteiger partial charge is 0.481 e. The maximum atomic E-state index is 12.5. The van der Waals surface area contributed by atoms with Crippen LogP contribution in [0.4, 0.5) is 0 Å². The van der Waals surface area contributed by atoms with E-state index in [9.17, 15) is 13.2 Å². The Morgan fingerprint density at radius 2 is 1.68 bits per heavy atom. The second kappa shape index (κ2) is 5.38. The number of carboxylic acid groups (broad SMARTS) is 1. The Kier molecular flexibility index (Phi) is 4.17. The van der Waals surface area contributed by atoms with Crippen LogP contribution in [0.3, 0.4) is 0 Å². The molecular formula is C12H22N2O4S. The highest BCUT2D eigenvalue weighted by Crippen LogP contribution is 2.27. The Morgan fingerprint density at radius 1 is 1.11 bits per heavy atom. The first-order valence-electron chi connectivity index (χ1n) is 6.78. The molecule has 0 aromatic rings. The summed E-state index contributed by atoms with van der Waals surface area (Å²) in [6.07, 6.45) is 1.46. The summed E-state index contributed by atoms with van der Waals surface area (Å²) in [4.78, 5) is 10.9. The molecule has 110 valence electrons. The zero-order valence-corrected chi connectivity index (χ0v) is 12.3. The molecule has 2 fully saturated rings. The fourth-order valence-corrected chi connectivity index (χ4v) is 5.01. The summed E-state index contributed by atoms with van der Waals surface area (Å²) in [6, 6.07) is 0. The quantitative estimate of drug-likeness (QED) is 0.826. The summed E-state index contributed by atoms with van der Waals surface area (Å²) in [7, 11) is -3.49. The summed E-state index contributed by atoms with van der Waals surface area (Å²) in [5.74, 6) is -0.750. The van der Waals surface area contributed by atoms with Crippen molar-refractivity contribution in [2.45, 2.75) is 26.7 Å². The third kappa shape index (κ3) is 3.09. The number of rotatable bonds is 3. The molecule has 6 nitrogen and oxygen atoms in total. The molecule has 0 aromatic heterocycles. The highest BCUT2D eigenvalue weighted by atomic mass is 32.2. The van der Waals surface area contributed by atoms with Gasteiger partial charge in [-0.3, -0.25) is 4.79 Å². The lowest BCUT2D eigenvalue weighted by atomic mass is 9.94. The Labute approximate surface area is 114 Å². The van der Waals surface area contributed by atoms with Gasteiger partial charge < -0.3 is 5.11 Å². The number of nitrogens with zero attached hydrogens (tertiary/aromatic N) is 2. The van der Waals surface area contributed by atoms with Crippen molar-refractivity contribution in [3.63, 3.8) is 0 Å². The minimum atomic E-state index is -3.49. The Hall–Kier alpha value is -0.660. The molecule has 2 saturated heterocycles. The monoisotopic (exact) mass is 290 g/mol. The average Bonchev–Trinajstić information content (AvgIpc) is 2.77. The van der Waals surface area contributed by atoms with E-state index in [0.717, 1.165) is 6.42 Å². The molecule has 2 rings (SSSR count). The van der Waals surface area contributed by atoms with Gasteiger partial charge in [0.05, 0.1) is 5.92 Å². The van der Waals surface area contributed by atoms with Crippen molar-refractivity contribution in [3.05, 3.63) is 0 Å². The topological polar surface area (TPSA) is 77.9 Å². The summed E-state index contributed by atoms with van der Waals surface area (Å²) in [5.41, 5.74) is 0. The van der Waals surface area contributed by atoms with Gasteiger partial charge in [-0.1, -0.05) is 13.8 Å². The predicted octanol–water partition coefficient (Wildman–Crippen LogP) is 0.616. The van der Waals surface area contributed by atoms with Crippen molar-refractivity contribution in [2.24, 2.45) is 17.8 Å². The van der Waals surface area contributed by atoms with Crippen LogP contribution in [0.25, 0.3) is 0 Å². The van der Waals surface area contributed by atoms with Crippen LogP contribution < -0.4 is 0 Å². The van der Waals surface area contributed by atoms with Crippen molar-refractivity contribution in [2.75, 3.05) is 26.2 Å². The molecule has 0 radical (unpaired) electrons. The zero-order valence-electron chi connectivity index (χ0n) is 11.4. The van der Waals surface area contributed by atoms with Crippen LogP contribution >= 0.6 is 0 Å². The van der Waals surface area contributed by atoms with Gasteiger partial charge >= 0.3 is 5.97 Å². The van der Waals surface area contributed by atoms with Gasteiger partial charge in [-0.25, -0.2) is 0 Å². The highest BCUT2D eigenvalue weighted by molar-refractivity contribution is 7.86. The van der Waals surface area contributed by atoms with E-state index in [1.54, 1.807) is 0 Å². The van der Waals surface area contributed by atoms with Crippen LogP contribution in [0, 0.1) is 17.8 Å². The number of piperidine rings is 1. The van der Waals surface area contributed by atoms with Gasteiger partial charge in [-0.2, -0.15) is 17.0 Å². The maximum absolute atomic E-state index is 12.5. The minimum absolute atomic E-state index is 0.108. The molecule has 0 aliphatic carbocycles. The van der Waals surface area contributed by atoms with E-state index < -0.39 is 22.1 Å². The van der Waals surface area contributed by atoms with Crippen LogP contribution in [0.15, 0.2) is 0 Å². The molecule has 2 aliphatic heterocycles. The molecule has 2 heterocycles. The lowest BCUT2D eigenvalue weighted by Crippen LogP contribution is -2.49. The van der Waals surface area contributed by atoms with E-state index in [1.165, 1.54) is 8.61 Å². The summed E-state index contributed by atoms with van der Waals surface area (Å²) >= 11 is 0. The number of carbonyl (C=O) groups is 1. The molecule has 0 bridgehead atoms. The Balaban J connectivity index is 2.08. The standard InChI is InChI=1S/C12H22N2O4S/c1-9-5-10(2)7-14(6-9)19(17,18)13-4-3-11(8-13)12(15)16/h9-11H,3-8H2,1-2H3,(H,15,16). The van der Waals surface area contributed by atoms with Crippen molar-refractivity contribution >= 4 is 16.2 Å². The molecule has 1 N–H and O–H groups in total. The maximum Gasteiger partial charge on any atom is 0.307 e. The molecule has 0 aromatic carbocycles. The first-order valence-corrected chi connectivity index (χ1v) is 8.18. The molecule has 19 heavy (non-hydrogen) atoms. The predicted molar refractivity (Wildman–Crippen MR) is 70.8 cm³/mol. The SMILES string of the molecule is CC1CC(C)CN(S(=O)(=O)N2CCC(C(=O)O)C2)C1. The third-order valence-electron chi connectivity index (χ3n) is 3.99. The van der Waals surface area contributed by atoms with E-state index in [0.29, 0.717) is 37.9 Å². The Morgan fingerprint density at radius 3 is 2.16 bits per heavy atom. The molecule has 3 unspecified atom stereocenters. The number of aliphatic carboxylic acids is 1. The highest BCUT2D eigenvalue weighted by Gasteiger charge is 2.40. The number of hydrogen-bond donors (Lipinski definition) is 1. The average molecular weight is 290 g/mol. The van der Waals surface area contributed by atoms with Gasteiger partial charge in [0.25, 0.3) is 10.2 Å². The van der Waals surface area contributed by atoms with Gasteiger partial charge in [0.2, 0.25) is 0 Å². The zero-order chi connectivity index (χ0) is 14.2. The summed E-state index contributed by atoms with van der Waals surface area (Å²) < 4.78 is 27.9. The normalized spacial score (nSPS) is 34.5. The second-order valence-electron chi connectivity index (χ2n) is 5.95. The van der Waals surface area contributed by atoms with Gasteiger partial charge in [0.1, 0.15) is 0 Å². The lowest BCUT2D eigenvalue weighted by Gasteiger charge is -2.36. The van der Waals surface area contributed by atoms with Crippen molar-refractivity contribution in [3.8, 4) is 0 Å². The van der Waals surface area contributed by atoms with Gasteiger partial charge in [0, 0.05) is 26.2 Å². The van der Waals surface area contributed by atoms with E-state index in [2.05, 4.69) is 13.8 Å². The number of hydrogen-bond acceptors (Lipinski definition) is 3. The van der Waals surface area contributed by atoms with Crippen LogP contribution in [-0.2, 0) is 15.0 Å². The molecule has 0 saturated carbocycles. The first kappa shape index (κ1) is 14.7. The minimum Gasteiger partial charge on any atom is -0.481 e. The van der Waals surface area contributed by atoms with Crippen molar-refractivity contribution in [1.82, 2.24) is 8.61 Å². The van der Waals surface area contributed by atoms with Crippen molar-refractivity contribution < 1.29 is 18.3 Å². The molecule has 0 amide bonds. The molecule has 2 aliphatic rings. The fraction of sp³-hybridized carbons (Fsp3) is 0.917. The molecule has 0 spiro atoms. The first-order chi connectivity index (χ1) is 8.80. The smallest absolute Gasteiger partial charge is 0.307 e. The molecular weight excluding hydrogens is 268 g/mol. The molecule has 3 atom stereocenters. The fourth-order valence-electron chi connectivity index (χ4n) is 3.10. The van der Waals surface area contributed by atoms with Crippen LogP contribution in [0.2, 0.25) is 0 Å². The number of carboxylic acids is 1. The summed E-state index contributed by atoms with van der Waals surface area (Å²) in [6.45, 7) is 5.63.